The number of piperidine rings is 1. The summed E-state index contributed by atoms with van der Waals surface area (Å²) in [6.07, 6.45) is 1.99. The van der Waals surface area contributed by atoms with Crippen molar-refractivity contribution in [3.63, 3.8) is 0 Å². The molecule has 6 nitrogen and oxygen atoms in total. The van der Waals surface area contributed by atoms with Crippen molar-refractivity contribution in [2.24, 2.45) is 0 Å². The third-order valence-corrected chi connectivity index (χ3v) is 4.80. The number of halogens is 1. The maximum absolute atomic E-state index is 13.2. The molecule has 1 saturated heterocycles. The molecule has 0 bridgehead atoms. The van der Waals surface area contributed by atoms with Crippen LogP contribution in [0, 0.1) is 5.82 Å². The number of rotatable bonds is 4. The van der Waals surface area contributed by atoms with Crippen LogP contribution in [0.15, 0.2) is 30.3 Å². The molecule has 1 aromatic carbocycles. The van der Waals surface area contributed by atoms with Gasteiger partial charge in [0.15, 0.2) is 0 Å². The molecule has 4 rings (SSSR count). The maximum Gasteiger partial charge on any atom is 0.272 e. The Labute approximate surface area is 145 Å². The highest BCUT2D eigenvalue weighted by atomic mass is 19.1. The smallest absolute Gasteiger partial charge is 0.272 e. The fourth-order valence-electron chi connectivity index (χ4n) is 3.52. The van der Waals surface area contributed by atoms with Crippen LogP contribution in [0.25, 0.3) is 0 Å². The summed E-state index contributed by atoms with van der Waals surface area (Å²) in [5.41, 5.74) is 1.29. The molecule has 0 atom stereocenters. The molecule has 2 aliphatic heterocycles. The zero-order chi connectivity index (χ0) is 17.2. The molecule has 0 aliphatic carbocycles. The van der Waals surface area contributed by atoms with Crippen molar-refractivity contribution in [2.45, 2.75) is 32.0 Å². The normalized spacial score (nSPS) is 18.3. The molecule has 1 aromatic heterocycles. The molecule has 3 heterocycles. The lowest BCUT2D eigenvalue weighted by Gasteiger charge is -2.37. The summed E-state index contributed by atoms with van der Waals surface area (Å²) in [6.45, 7) is 3.53. The van der Waals surface area contributed by atoms with Gasteiger partial charge in [0.2, 0.25) is 0 Å². The van der Waals surface area contributed by atoms with E-state index in [1.807, 2.05) is 4.90 Å². The Bertz CT molecular complexity index is 770. The second kappa shape index (κ2) is 6.84. The molecule has 2 aliphatic rings. The van der Waals surface area contributed by atoms with Crippen LogP contribution in [-0.2, 0) is 13.2 Å². The first-order chi connectivity index (χ1) is 12.2. The van der Waals surface area contributed by atoms with Gasteiger partial charge in [-0.15, -0.1) is 0 Å². The van der Waals surface area contributed by atoms with Gasteiger partial charge in [0, 0.05) is 18.7 Å². The fraction of sp³-hybridized carbons (Fsp3) is 0.444. The topological polar surface area (TPSA) is 59.4 Å². The Hall–Kier alpha value is -2.41. The quantitative estimate of drug-likeness (QED) is 0.919. The molecule has 0 spiro atoms. The van der Waals surface area contributed by atoms with Crippen molar-refractivity contribution in [3.8, 4) is 5.75 Å². The predicted octanol–water partition coefficient (Wildman–Crippen LogP) is 1.81. The zero-order valence-electron chi connectivity index (χ0n) is 13.9. The number of aromatic nitrogens is 2. The minimum Gasteiger partial charge on any atom is -0.487 e. The van der Waals surface area contributed by atoms with Crippen LogP contribution in [0.5, 0.6) is 5.75 Å². The predicted molar refractivity (Wildman–Crippen MR) is 89.9 cm³/mol. The Balaban J connectivity index is 1.45. The number of amides is 1. The SMILES string of the molecule is O=C1c2cc(COc3cccc(F)c3)nn2CCN1C1CCNCC1. The third kappa shape index (κ3) is 3.37. The summed E-state index contributed by atoms with van der Waals surface area (Å²) in [5, 5.41) is 7.79. The fourth-order valence-corrected chi connectivity index (χ4v) is 3.52. The van der Waals surface area contributed by atoms with Crippen LogP contribution in [0.2, 0.25) is 0 Å². The highest BCUT2D eigenvalue weighted by Crippen LogP contribution is 2.21. The zero-order valence-corrected chi connectivity index (χ0v) is 13.9. The largest absolute Gasteiger partial charge is 0.487 e. The van der Waals surface area contributed by atoms with Gasteiger partial charge in [-0.1, -0.05) is 6.07 Å². The third-order valence-electron chi connectivity index (χ3n) is 4.80. The molecule has 1 N–H and O–H groups in total. The minimum atomic E-state index is -0.338. The van der Waals surface area contributed by atoms with E-state index in [1.54, 1.807) is 22.9 Å². The molecule has 0 saturated carbocycles. The monoisotopic (exact) mass is 344 g/mol. The number of nitrogens with one attached hydrogen (secondary N) is 1. The van der Waals surface area contributed by atoms with Crippen molar-refractivity contribution in [1.82, 2.24) is 20.0 Å². The molecule has 2 aromatic rings. The molecular weight excluding hydrogens is 323 g/mol. The second-order valence-electron chi connectivity index (χ2n) is 6.47. The van der Waals surface area contributed by atoms with Crippen molar-refractivity contribution in [2.75, 3.05) is 19.6 Å². The molecule has 0 unspecified atom stereocenters. The highest BCUT2D eigenvalue weighted by Gasteiger charge is 2.32. The Morgan fingerprint density at radius 3 is 2.88 bits per heavy atom. The minimum absolute atomic E-state index is 0.0441. The van der Waals surface area contributed by atoms with Gasteiger partial charge in [-0.3, -0.25) is 9.48 Å². The summed E-state index contributed by atoms with van der Waals surface area (Å²) in [6, 6.07) is 8.10. The standard InChI is InChI=1S/C18H21FN4O2/c19-13-2-1-3-16(10-13)25-12-14-11-17-18(24)22(8-9-23(17)21-14)15-4-6-20-7-5-15/h1-3,10-11,15,20H,4-9,12H2. The summed E-state index contributed by atoms with van der Waals surface area (Å²) in [5.74, 6) is 0.158. The van der Waals surface area contributed by atoms with E-state index in [1.165, 1.54) is 12.1 Å². The first-order valence-corrected chi connectivity index (χ1v) is 8.67. The Morgan fingerprint density at radius 1 is 1.24 bits per heavy atom. The van der Waals surface area contributed by atoms with Crippen molar-refractivity contribution in [1.29, 1.82) is 0 Å². The average Bonchev–Trinajstić information content (AvgIpc) is 3.05. The summed E-state index contributed by atoms with van der Waals surface area (Å²) >= 11 is 0. The van der Waals surface area contributed by atoms with E-state index >= 15 is 0 Å². The van der Waals surface area contributed by atoms with E-state index in [-0.39, 0.29) is 18.3 Å². The van der Waals surface area contributed by atoms with Crippen LogP contribution >= 0.6 is 0 Å². The van der Waals surface area contributed by atoms with Crippen molar-refractivity contribution < 1.29 is 13.9 Å². The molecule has 25 heavy (non-hydrogen) atoms. The lowest BCUT2D eigenvalue weighted by atomic mass is 10.0. The molecule has 0 radical (unpaired) electrons. The van der Waals surface area contributed by atoms with Gasteiger partial charge in [-0.2, -0.15) is 5.10 Å². The summed E-state index contributed by atoms with van der Waals surface area (Å²) in [4.78, 5) is 14.8. The summed E-state index contributed by atoms with van der Waals surface area (Å²) in [7, 11) is 0. The van der Waals surface area contributed by atoms with Crippen molar-refractivity contribution in [3.05, 3.63) is 47.5 Å². The summed E-state index contributed by atoms with van der Waals surface area (Å²) < 4.78 is 20.5. The van der Waals surface area contributed by atoms with Crippen LogP contribution in [-0.4, -0.2) is 46.3 Å². The number of hydrogen-bond acceptors (Lipinski definition) is 4. The van der Waals surface area contributed by atoms with Gasteiger partial charge in [-0.05, 0) is 44.1 Å². The highest BCUT2D eigenvalue weighted by molar-refractivity contribution is 5.93. The number of ether oxygens (including phenoxy) is 1. The van der Waals surface area contributed by atoms with Crippen LogP contribution < -0.4 is 10.1 Å². The second-order valence-corrected chi connectivity index (χ2v) is 6.47. The van der Waals surface area contributed by atoms with Gasteiger partial charge in [-0.25, -0.2) is 4.39 Å². The number of benzene rings is 1. The molecule has 132 valence electrons. The molecule has 7 heteroatoms. The first-order valence-electron chi connectivity index (χ1n) is 8.67. The van der Waals surface area contributed by atoms with E-state index in [0.29, 0.717) is 36.3 Å². The van der Waals surface area contributed by atoms with Crippen LogP contribution in [0.3, 0.4) is 0 Å². The van der Waals surface area contributed by atoms with Gasteiger partial charge >= 0.3 is 0 Å². The number of nitrogens with zero attached hydrogens (tertiary/aromatic N) is 3. The van der Waals surface area contributed by atoms with Crippen molar-refractivity contribution >= 4 is 5.91 Å². The molecule has 1 fully saturated rings. The van der Waals surface area contributed by atoms with E-state index in [2.05, 4.69) is 10.4 Å². The lowest BCUT2D eigenvalue weighted by molar-refractivity contribution is 0.0572. The Kier molecular flexibility index (Phi) is 4.40. The molecular formula is C18H21FN4O2. The van der Waals surface area contributed by atoms with E-state index < -0.39 is 0 Å². The number of hydrogen-bond donors (Lipinski definition) is 1. The van der Waals surface area contributed by atoms with Crippen LogP contribution in [0.1, 0.15) is 29.0 Å². The first kappa shape index (κ1) is 16.1. The van der Waals surface area contributed by atoms with Gasteiger partial charge in [0.1, 0.15) is 29.6 Å². The number of fused-ring (bicyclic) bond motifs is 1. The van der Waals surface area contributed by atoms with Crippen LogP contribution in [0.4, 0.5) is 4.39 Å². The molecule has 1 amide bonds. The average molecular weight is 344 g/mol. The lowest BCUT2D eigenvalue weighted by Crippen LogP contribution is -2.50. The van der Waals surface area contributed by atoms with Gasteiger partial charge in [0.05, 0.1) is 6.54 Å². The van der Waals surface area contributed by atoms with E-state index in [4.69, 9.17) is 4.74 Å². The van der Waals surface area contributed by atoms with Gasteiger partial charge in [0.25, 0.3) is 5.91 Å². The van der Waals surface area contributed by atoms with E-state index in [0.717, 1.165) is 25.9 Å². The Morgan fingerprint density at radius 2 is 2.08 bits per heavy atom. The number of carbonyl (C=O) groups is 1. The number of carbonyl (C=O) groups excluding carboxylic acids is 1. The van der Waals surface area contributed by atoms with E-state index in [9.17, 15) is 9.18 Å². The maximum atomic E-state index is 13.2. The van der Waals surface area contributed by atoms with Gasteiger partial charge < -0.3 is 15.0 Å².